The SMILES string of the molecule is COc1cc2ncc(C#N)c(Nc3ccc(Cl)c(Cl)c3F)c2cc1OC1CNC1. The molecule has 2 aromatic carbocycles. The molecule has 1 fully saturated rings. The minimum Gasteiger partial charge on any atom is -0.493 e. The summed E-state index contributed by atoms with van der Waals surface area (Å²) >= 11 is 11.8. The van der Waals surface area contributed by atoms with Crippen molar-refractivity contribution in [2.75, 3.05) is 25.5 Å². The zero-order valence-electron chi connectivity index (χ0n) is 15.2. The standard InChI is InChI=1S/C20H15Cl2FN4O2/c1-28-16-5-15-12(4-17(16)29-11-8-25-9-11)20(10(6-24)7-26-15)27-14-3-2-13(21)18(22)19(14)23/h2-5,7,11,25H,8-9H2,1H3,(H,26,27). The monoisotopic (exact) mass is 432 g/mol. The second kappa shape index (κ2) is 7.91. The summed E-state index contributed by atoms with van der Waals surface area (Å²) in [5.74, 6) is 0.327. The lowest BCUT2D eigenvalue weighted by atomic mass is 10.1. The van der Waals surface area contributed by atoms with Crippen LogP contribution in [0.3, 0.4) is 0 Å². The van der Waals surface area contributed by atoms with Crippen molar-refractivity contribution in [1.29, 1.82) is 5.26 Å². The number of hydrogen-bond acceptors (Lipinski definition) is 6. The van der Waals surface area contributed by atoms with Crippen LogP contribution < -0.4 is 20.1 Å². The molecule has 2 heterocycles. The lowest BCUT2D eigenvalue weighted by molar-refractivity contribution is 0.137. The molecule has 0 saturated carbocycles. The van der Waals surface area contributed by atoms with Gasteiger partial charge in [0.1, 0.15) is 12.2 Å². The Kier molecular flexibility index (Phi) is 5.33. The van der Waals surface area contributed by atoms with E-state index in [0.29, 0.717) is 28.1 Å². The van der Waals surface area contributed by atoms with Gasteiger partial charge in [0, 0.05) is 30.7 Å². The zero-order chi connectivity index (χ0) is 20.5. The number of ether oxygens (including phenoxy) is 2. The second-order valence-electron chi connectivity index (χ2n) is 6.42. The van der Waals surface area contributed by atoms with Gasteiger partial charge in [0.2, 0.25) is 0 Å². The van der Waals surface area contributed by atoms with Crippen LogP contribution in [0.15, 0.2) is 30.5 Å². The maximum Gasteiger partial charge on any atom is 0.166 e. The highest BCUT2D eigenvalue weighted by molar-refractivity contribution is 6.42. The predicted molar refractivity (Wildman–Crippen MR) is 110 cm³/mol. The van der Waals surface area contributed by atoms with Crippen molar-refractivity contribution < 1.29 is 13.9 Å². The van der Waals surface area contributed by atoms with Crippen molar-refractivity contribution in [2.45, 2.75) is 6.10 Å². The Labute approximate surface area is 176 Å². The Hall–Kier alpha value is -2.79. The minimum atomic E-state index is -0.710. The van der Waals surface area contributed by atoms with Gasteiger partial charge in [-0.25, -0.2) is 4.39 Å². The van der Waals surface area contributed by atoms with Crippen molar-refractivity contribution in [1.82, 2.24) is 10.3 Å². The first kappa shape index (κ1) is 19.5. The average molecular weight is 433 g/mol. The third-order valence-electron chi connectivity index (χ3n) is 4.61. The number of methoxy groups -OCH3 is 1. The fourth-order valence-electron chi connectivity index (χ4n) is 2.95. The van der Waals surface area contributed by atoms with Crippen LogP contribution in [0.4, 0.5) is 15.8 Å². The number of fused-ring (bicyclic) bond motifs is 1. The number of benzene rings is 2. The summed E-state index contributed by atoms with van der Waals surface area (Å²) in [7, 11) is 1.54. The minimum absolute atomic E-state index is 0.0254. The number of halogens is 3. The van der Waals surface area contributed by atoms with E-state index in [-0.39, 0.29) is 27.4 Å². The van der Waals surface area contributed by atoms with Crippen molar-refractivity contribution >= 4 is 45.5 Å². The van der Waals surface area contributed by atoms with Gasteiger partial charge in [-0.05, 0) is 18.2 Å². The fraction of sp³-hybridized carbons (Fsp3) is 0.200. The van der Waals surface area contributed by atoms with Gasteiger partial charge in [0.25, 0.3) is 0 Å². The van der Waals surface area contributed by atoms with Crippen LogP contribution in [0, 0.1) is 17.1 Å². The number of nitrogens with zero attached hydrogens (tertiary/aromatic N) is 2. The highest BCUT2D eigenvalue weighted by atomic mass is 35.5. The van der Waals surface area contributed by atoms with Gasteiger partial charge in [-0.2, -0.15) is 5.26 Å². The maximum absolute atomic E-state index is 14.6. The third kappa shape index (κ3) is 3.62. The van der Waals surface area contributed by atoms with Gasteiger partial charge < -0.3 is 20.1 Å². The normalized spacial score (nSPS) is 13.6. The molecule has 29 heavy (non-hydrogen) atoms. The molecule has 3 aromatic rings. The first-order valence-electron chi connectivity index (χ1n) is 8.70. The number of nitriles is 1. The Morgan fingerprint density at radius 2 is 2.07 bits per heavy atom. The van der Waals surface area contributed by atoms with E-state index in [4.69, 9.17) is 32.7 Å². The van der Waals surface area contributed by atoms with E-state index in [1.54, 1.807) is 19.2 Å². The number of rotatable bonds is 5. The lowest BCUT2D eigenvalue weighted by Gasteiger charge is -2.28. The van der Waals surface area contributed by atoms with Gasteiger partial charge in [-0.15, -0.1) is 0 Å². The molecule has 1 aliphatic rings. The van der Waals surface area contributed by atoms with E-state index in [0.717, 1.165) is 13.1 Å². The first-order chi connectivity index (χ1) is 14.0. The third-order valence-corrected chi connectivity index (χ3v) is 5.39. The molecule has 1 saturated heterocycles. The molecule has 1 aliphatic heterocycles. The molecule has 9 heteroatoms. The fourth-order valence-corrected chi connectivity index (χ4v) is 3.26. The quantitative estimate of drug-likeness (QED) is 0.570. The summed E-state index contributed by atoms with van der Waals surface area (Å²) in [6.07, 6.45) is 1.44. The Morgan fingerprint density at radius 3 is 2.72 bits per heavy atom. The van der Waals surface area contributed by atoms with Gasteiger partial charge >= 0.3 is 0 Å². The summed E-state index contributed by atoms with van der Waals surface area (Å²) in [6.45, 7) is 1.47. The molecule has 0 spiro atoms. The molecular formula is C20H15Cl2FN4O2. The van der Waals surface area contributed by atoms with Crippen LogP contribution in [-0.2, 0) is 0 Å². The number of nitrogens with one attached hydrogen (secondary N) is 2. The molecular weight excluding hydrogens is 418 g/mol. The highest BCUT2D eigenvalue weighted by Gasteiger charge is 2.22. The summed E-state index contributed by atoms with van der Waals surface area (Å²) in [5.41, 5.74) is 1.27. The van der Waals surface area contributed by atoms with Crippen LogP contribution >= 0.6 is 23.2 Å². The van der Waals surface area contributed by atoms with E-state index >= 15 is 0 Å². The number of anilines is 2. The van der Waals surface area contributed by atoms with Gasteiger partial charge in [-0.1, -0.05) is 23.2 Å². The molecule has 6 nitrogen and oxygen atoms in total. The number of hydrogen-bond donors (Lipinski definition) is 2. The van der Waals surface area contributed by atoms with Crippen LogP contribution in [0.1, 0.15) is 5.56 Å². The van der Waals surface area contributed by atoms with Crippen molar-refractivity contribution in [3.63, 3.8) is 0 Å². The number of aromatic nitrogens is 1. The molecule has 0 bridgehead atoms. The Balaban J connectivity index is 1.86. The van der Waals surface area contributed by atoms with E-state index in [1.165, 1.54) is 18.3 Å². The zero-order valence-corrected chi connectivity index (χ0v) is 16.7. The molecule has 0 unspecified atom stereocenters. The van der Waals surface area contributed by atoms with Crippen LogP contribution in [0.2, 0.25) is 10.0 Å². The van der Waals surface area contributed by atoms with Crippen LogP contribution in [-0.4, -0.2) is 31.3 Å². The predicted octanol–water partition coefficient (Wildman–Crippen LogP) is 4.66. The van der Waals surface area contributed by atoms with E-state index in [9.17, 15) is 9.65 Å². The molecule has 4 rings (SSSR count). The highest BCUT2D eigenvalue weighted by Crippen LogP contribution is 2.39. The van der Waals surface area contributed by atoms with Crippen LogP contribution in [0.5, 0.6) is 11.5 Å². The second-order valence-corrected chi connectivity index (χ2v) is 7.21. The van der Waals surface area contributed by atoms with E-state index in [1.807, 2.05) is 0 Å². The molecule has 0 amide bonds. The van der Waals surface area contributed by atoms with Crippen molar-refractivity contribution in [3.8, 4) is 17.6 Å². The summed E-state index contributed by atoms with van der Waals surface area (Å²) in [4.78, 5) is 4.32. The smallest absolute Gasteiger partial charge is 0.166 e. The molecule has 148 valence electrons. The van der Waals surface area contributed by atoms with Gasteiger partial charge in [-0.3, -0.25) is 4.98 Å². The summed E-state index contributed by atoms with van der Waals surface area (Å²) in [5, 5.41) is 16.1. The molecule has 0 radical (unpaired) electrons. The van der Waals surface area contributed by atoms with Gasteiger partial charge in [0.05, 0.1) is 39.6 Å². The van der Waals surface area contributed by atoms with E-state index < -0.39 is 5.82 Å². The summed E-state index contributed by atoms with van der Waals surface area (Å²) < 4.78 is 26.0. The lowest BCUT2D eigenvalue weighted by Crippen LogP contribution is -2.50. The Morgan fingerprint density at radius 1 is 1.28 bits per heavy atom. The molecule has 0 aliphatic carbocycles. The summed E-state index contributed by atoms with van der Waals surface area (Å²) in [6, 6.07) is 8.46. The number of pyridine rings is 1. The van der Waals surface area contributed by atoms with Gasteiger partial charge in [0.15, 0.2) is 17.3 Å². The van der Waals surface area contributed by atoms with E-state index in [2.05, 4.69) is 21.7 Å². The first-order valence-corrected chi connectivity index (χ1v) is 9.46. The average Bonchev–Trinajstić information content (AvgIpc) is 2.70. The Bertz CT molecular complexity index is 1150. The van der Waals surface area contributed by atoms with Crippen molar-refractivity contribution in [2.24, 2.45) is 0 Å². The topological polar surface area (TPSA) is 79.2 Å². The molecule has 0 atom stereocenters. The van der Waals surface area contributed by atoms with Crippen molar-refractivity contribution in [3.05, 3.63) is 51.9 Å². The molecule has 1 aromatic heterocycles. The maximum atomic E-state index is 14.6. The van der Waals surface area contributed by atoms with Crippen LogP contribution in [0.25, 0.3) is 10.9 Å². The molecule has 2 N–H and O–H groups in total. The largest absolute Gasteiger partial charge is 0.493 e.